The third kappa shape index (κ3) is 3.36. The van der Waals surface area contributed by atoms with Gasteiger partial charge >= 0.3 is 0 Å². The van der Waals surface area contributed by atoms with Gasteiger partial charge in [0, 0.05) is 29.0 Å². The van der Waals surface area contributed by atoms with E-state index in [1.165, 1.54) is 0 Å². The average molecular weight is 388 g/mol. The fraction of sp³-hybridized carbons (Fsp3) is 0.333. The van der Waals surface area contributed by atoms with Gasteiger partial charge in [-0.25, -0.2) is 0 Å². The summed E-state index contributed by atoms with van der Waals surface area (Å²) < 4.78 is 11.4. The number of Topliss-reactive ketones (excluding diaryl/α,β-unsaturated/α-hetero) is 1. The summed E-state index contributed by atoms with van der Waals surface area (Å²) in [5, 5.41) is 13.1. The Morgan fingerprint density at radius 2 is 1.90 bits per heavy atom. The quantitative estimate of drug-likeness (QED) is 0.793. The van der Waals surface area contributed by atoms with Gasteiger partial charge in [0.1, 0.15) is 17.3 Å². The summed E-state index contributed by atoms with van der Waals surface area (Å²) in [6.07, 6.45) is 1.24. The first-order valence-corrected chi connectivity index (χ1v) is 9.71. The number of benzene rings is 1. The minimum atomic E-state index is -0.466. The Hall–Kier alpha value is -3.26. The molecule has 4 rings (SSSR count). The number of carbonyl (C=O) groups is 1. The molecule has 0 bridgehead atoms. The minimum Gasteiger partial charge on any atom is -0.497 e. The first-order chi connectivity index (χ1) is 13.8. The topological polar surface area (TPSA) is 75.3 Å². The van der Waals surface area contributed by atoms with Gasteiger partial charge in [0.25, 0.3) is 0 Å². The van der Waals surface area contributed by atoms with Crippen molar-refractivity contribution in [2.24, 2.45) is 5.41 Å². The first-order valence-electron chi connectivity index (χ1n) is 9.71. The number of nitriles is 1. The molecule has 0 fully saturated rings. The molecule has 2 heterocycles. The van der Waals surface area contributed by atoms with Crippen molar-refractivity contribution in [3.8, 4) is 23.1 Å². The van der Waals surface area contributed by atoms with Gasteiger partial charge in [-0.2, -0.15) is 5.26 Å². The monoisotopic (exact) mass is 388 g/mol. The highest BCUT2D eigenvalue weighted by Crippen LogP contribution is 2.47. The van der Waals surface area contributed by atoms with Gasteiger partial charge in [-0.05, 0) is 55.2 Å². The van der Waals surface area contributed by atoms with Gasteiger partial charge < -0.3 is 14.5 Å². The van der Waals surface area contributed by atoms with Crippen LogP contribution >= 0.6 is 0 Å². The molecule has 1 N–H and O–H groups in total. The molecule has 1 aliphatic carbocycles. The van der Waals surface area contributed by atoms with Crippen LogP contribution in [0.3, 0.4) is 0 Å². The van der Waals surface area contributed by atoms with Gasteiger partial charge in [0.05, 0.1) is 24.7 Å². The number of rotatable bonds is 3. The maximum Gasteiger partial charge on any atom is 0.162 e. The van der Waals surface area contributed by atoms with E-state index in [0.29, 0.717) is 29.1 Å². The predicted octanol–water partition coefficient (Wildman–Crippen LogP) is 5.08. The molecule has 29 heavy (non-hydrogen) atoms. The van der Waals surface area contributed by atoms with Crippen molar-refractivity contribution in [3.05, 3.63) is 64.7 Å². The smallest absolute Gasteiger partial charge is 0.162 e. The van der Waals surface area contributed by atoms with Crippen molar-refractivity contribution in [2.75, 3.05) is 7.11 Å². The number of carbonyl (C=O) groups excluding carboxylic acids is 1. The van der Waals surface area contributed by atoms with Crippen molar-refractivity contribution in [3.63, 3.8) is 0 Å². The maximum absolute atomic E-state index is 13.1. The Kier molecular flexibility index (Phi) is 4.58. The van der Waals surface area contributed by atoms with Crippen LogP contribution < -0.4 is 10.1 Å². The summed E-state index contributed by atoms with van der Waals surface area (Å²) in [4.78, 5) is 13.1. The summed E-state index contributed by atoms with van der Waals surface area (Å²) in [7, 11) is 1.63. The number of methoxy groups -OCH3 is 1. The second kappa shape index (κ2) is 6.97. The highest BCUT2D eigenvalue weighted by atomic mass is 16.5. The average Bonchev–Trinajstić information content (AvgIpc) is 3.15. The van der Waals surface area contributed by atoms with Crippen LogP contribution in [0.15, 0.2) is 63.4 Å². The van der Waals surface area contributed by atoms with Crippen LogP contribution in [0.2, 0.25) is 0 Å². The summed E-state index contributed by atoms with van der Waals surface area (Å²) in [6.45, 7) is 6.08. The Morgan fingerprint density at radius 3 is 2.55 bits per heavy atom. The summed E-state index contributed by atoms with van der Waals surface area (Å²) >= 11 is 0. The molecule has 1 aromatic heterocycles. The van der Waals surface area contributed by atoms with Crippen molar-refractivity contribution < 1.29 is 13.9 Å². The minimum absolute atomic E-state index is 0.0800. The van der Waals surface area contributed by atoms with E-state index in [1.807, 2.05) is 43.3 Å². The third-order valence-electron chi connectivity index (χ3n) is 5.65. The molecule has 1 atom stereocenters. The lowest BCUT2D eigenvalue weighted by molar-refractivity contribution is -0.118. The molecular formula is C24H24N2O3. The molecular weight excluding hydrogens is 364 g/mol. The molecule has 5 heteroatoms. The SMILES string of the molecule is COc1ccc(-c2ccc([C@@H]3C(C#N)=C(C)NC4=C3C(=O)CC(C)(C)C4)o2)cc1. The maximum atomic E-state index is 13.1. The van der Waals surface area contributed by atoms with Gasteiger partial charge in [-0.15, -0.1) is 0 Å². The zero-order chi connectivity index (χ0) is 20.8. The lowest BCUT2D eigenvalue weighted by Crippen LogP contribution is -2.36. The molecule has 1 aliphatic heterocycles. The Balaban J connectivity index is 1.78. The Labute approximate surface area is 170 Å². The highest BCUT2D eigenvalue weighted by Gasteiger charge is 2.42. The van der Waals surface area contributed by atoms with Crippen molar-refractivity contribution in [1.29, 1.82) is 5.26 Å². The number of allylic oxidation sites excluding steroid dienone is 4. The summed E-state index contributed by atoms with van der Waals surface area (Å²) in [5.41, 5.74) is 3.71. The van der Waals surface area contributed by atoms with E-state index in [0.717, 1.165) is 29.1 Å². The fourth-order valence-electron chi connectivity index (χ4n) is 4.29. The molecule has 1 aromatic carbocycles. The van der Waals surface area contributed by atoms with E-state index in [4.69, 9.17) is 9.15 Å². The van der Waals surface area contributed by atoms with Gasteiger partial charge in [0.15, 0.2) is 5.78 Å². The number of furan rings is 1. The third-order valence-corrected chi connectivity index (χ3v) is 5.65. The van der Waals surface area contributed by atoms with E-state index in [9.17, 15) is 10.1 Å². The molecule has 0 radical (unpaired) electrons. The van der Waals surface area contributed by atoms with Crippen LogP contribution in [0.5, 0.6) is 5.75 Å². The lowest BCUT2D eigenvalue weighted by Gasteiger charge is -2.38. The van der Waals surface area contributed by atoms with Crippen LogP contribution in [-0.4, -0.2) is 12.9 Å². The molecule has 0 amide bonds. The van der Waals surface area contributed by atoms with E-state index in [1.54, 1.807) is 7.11 Å². The van der Waals surface area contributed by atoms with Gasteiger partial charge in [-0.3, -0.25) is 4.79 Å². The lowest BCUT2D eigenvalue weighted by atomic mass is 9.70. The second-order valence-electron chi connectivity index (χ2n) is 8.47. The number of hydrogen-bond donors (Lipinski definition) is 1. The molecule has 5 nitrogen and oxygen atoms in total. The normalized spacial score (nSPS) is 20.8. The number of hydrogen-bond acceptors (Lipinski definition) is 5. The number of ether oxygens (including phenoxy) is 1. The van der Waals surface area contributed by atoms with Gasteiger partial charge in [-0.1, -0.05) is 13.8 Å². The van der Waals surface area contributed by atoms with Crippen LogP contribution in [0, 0.1) is 16.7 Å². The molecule has 0 saturated carbocycles. The second-order valence-corrected chi connectivity index (χ2v) is 8.47. The van der Waals surface area contributed by atoms with Crippen LogP contribution in [0.1, 0.15) is 45.3 Å². The fourth-order valence-corrected chi connectivity index (χ4v) is 4.29. The zero-order valence-corrected chi connectivity index (χ0v) is 17.1. The predicted molar refractivity (Wildman–Crippen MR) is 110 cm³/mol. The number of nitrogens with one attached hydrogen (secondary N) is 1. The van der Waals surface area contributed by atoms with Crippen molar-refractivity contribution >= 4 is 5.78 Å². The zero-order valence-electron chi connectivity index (χ0n) is 17.1. The molecule has 0 saturated heterocycles. The first kappa shape index (κ1) is 19.1. The largest absolute Gasteiger partial charge is 0.497 e. The molecule has 2 aromatic rings. The van der Waals surface area contributed by atoms with Crippen LogP contribution in [0.25, 0.3) is 11.3 Å². The van der Waals surface area contributed by atoms with E-state index < -0.39 is 5.92 Å². The molecule has 2 aliphatic rings. The Morgan fingerprint density at radius 1 is 1.17 bits per heavy atom. The Bertz CT molecular complexity index is 1080. The van der Waals surface area contributed by atoms with E-state index in [-0.39, 0.29) is 11.2 Å². The molecule has 0 unspecified atom stereocenters. The summed E-state index contributed by atoms with van der Waals surface area (Å²) in [5.74, 6) is 1.70. The molecule has 148 valence electrons. The van der Waals surface area contributed by atoms with Crippen molar-refractivity contribution in [1.82, 2.24) is 5.32 Å². The van der Waals surface area contributed by atoms with Gasteiger partial charge in [0.2, 0.25) is 0 Å². The van der Waals surface area contributed by atoms with Crippen LogP contribution in [0.4, 0.5) is 0 Å². The highest BCUT2D eigenvalue weighted by molar-refractivity contribution is 6.00. The van der Waals surface area contributed by atoms with Crippen LogP contribution in [-0.2, 0) is 4.79 Å². The molecule has 0 spiro atoms. The van der Waals surface area contributed by atoms with E-state index in [2.05, 4.69) is 25.2 Å². The number of ketones is 1. The van der Waals surface area contributed by atoms with Crippen molar-refractivity contribution in [2.45, 2.75) is 39.5 Å². The summed E-state index contributed by atoms with van der Waals surface area (Å²) in [6, 6.07) is 13.7. The number of nitrogens with zero attached hydrogens (tertiary/aromatic N) is 1. The standard InChI is InChI=1S/C24H24N2O3/c1-14-17(13-25)22(23-18(26-14)11-24(2,3)12-19(23)27)21-10-9-20(29-21)15-5-7-16(28-4)8-6-15/h5-10,22,26H,11-12H2,1-4H3/t22-/m0/s1. The van der Waals surface area contributed by atoms with E-state index >= 15 is 0 Å². The number of dihydropyridines is 1.